The number of nitrogen functional groups attached to an aromatic ring is 1. The highest BCUT2D eigenvalue weighted by molar-refractivity contribution is 5.59. The van der Waals surface area contributed by atoms with Crippen LogP contribution in [0.25, 0.3) is 0 Å². The van der Waals surface area contributed by atoms with Crippen molar-refractivity contribution in [3.05, 3.63) is 21.9 Å². The molecule has 0 aliphatic carbocycles. The predicted molar refractivity (Wildman–Crippen MR) is 46.7 cm³/mol. The Labute approximate surface area is 91.4 Å². The van der Waals surface area contributed by atoms with Crippen molar-refractivity contribution < 1.29 is 22.8 Å². The molecule has 1 rings (SSSR count). The summed E-state index contributed by atoms with van der Waals surface area (Å²) in [5.74, 6) is -1.73. The Bertz CT molecular complexity index is 508. The molecule has 0 bridgehead atoms. The zero-order valence-corrected chi connectivity index (χ0v) is 7.85. The van der Waals surface area contributed by atoms with Gasteiger partial charge in [-0.2, -0.15) is 5.26 Å². The molecule has 2 N–H and O–H groups in total. The Balaban J connectivity index is 3.33. The van der Waals surface area contributed by atoms with Crippen molar-refractivity contribution in [1.82, 2.24) is 4.98 Å². The molecule has 10 heteroatoms. The third kappa shape index (κ3) is 2.94. The van der Waals surface area contributed by atoms with Crippen molar-refractivity contribution >= 4 is 11.5 Å². The molecule has 90 valence electrons. The summed E-state index contributed by atoms with van der Waals surface area (Å²) in [5, 5.41) is 18.9. The van der Waals surface area contributed by atoms with Gasteiger partial charge in [-0.3, -0.25) is 10.1 Å². The molecule has 0 radical (unpaired) electrons. The van der Waals surface area contributed by atoms with Gasteiger partial charge in [-0.25, -0.2) is 4.98 Å². The van der Waals surface area contributed by atoms with Gasteiger partial charge in [-0.15, -0.1) is 13.2 Å². The number of aromatic nitrogens is 1. The lowest BCUT2D eigenvalue weighted by atomic mass is 10.3. The van der Waals surface area contributed by atoms with Gasteiger partial charge in [0.25, 0.3) is 0 Å². The predicted octanol–water partition coefficient (Wildman–Crippen LogP) is 1.34. The maximum Gasteiger partial charge on any atom is 0.573 e. The number of ether oxygens (including phenoxy) is 1. The lowest BCUT2D eigenvalue weighted by Crippen LogP contribution is -2.18. The van der Waals surface area contributed by atoms with Crippen molar-refractivity contribution in [3.63, 3.8) is 0 Å². The summed E-state index contributed by atoms with van der Waals surface area (Å²) in [6, 6.07) is 1.68. The van der Waals surface area contributed by atoms with E-state index in [0.29, 0.717) is 6.07 Å². The number of pyridine rings is 1. The van der Waals surface area contributed by atoms with Gasteiger partial charge in [0.2, 0.25) is 5.82 Å². The maximum absolute atomic E-state index is 11.9. The minimum Gasteiger partial charge on any atom is -0.402 e. The summed E-state index contributed by atoms with van der Waals surface area (Å²) in [7, 11) is 0. The maximum atomic E-state index is 11.9. The summed E-state index contributed by atoms with van der Waals surface area (Å²) in [4.78, 5) is 12.5. The molecule has 0 unspecified atom stereocenters. The van der Waals surface area contributed by atoms with Gasteiger partial charge >= 0.3 is 12.0 Å². The van der Waals surface area contributed by atoms with Crippen LogP contribution in [-0.4, -0.2) is 16.3 Å². The first kappa shape index (κ1) is 12.5. The Hall–Kier alpha value is -2.57. The Morgan fingerprint density at radius 1 is 1.59 bits per heavy atom. The highest BCUT2D eigenvalue weighted by Crippen LogP contribution is 2.31. The number of hydrogen-bond acceptors (Lipinski definition) is 6. The molecule has 0 saturated carbocycles. The number of alkyl halides is 3. The van der Waals surface area contributed by atoms with E-state index < -0.39 is 34.2 Å². The lowest BCUT2D eigenvalue weighted by Gasteiger charge is -2.09. The number of nitriles is 1. The van der Waals surface area contributed by atoms with Crippen molar-refractivity contribution in [2.24, 2.45) is 0 Å². The van der Waals surface area contributed by atoms with Crippen LogP contribution in [0.15, 0.2) is 6.07 Å². The van der Waals surface area contributed by atoms with Gasteiger partial charge in [0.05, 0.1) is 11.0 Å². The topological polar surface area (TPSA) is 115 Å². The second kappa shape index (κ2) is 4.12. The summed E-state index contributed by atoms with van der Waals surface area (Å²) < 4.78 is 39.2. The Kier molecular flexibility index (Phi) is 3.03. The number of halogens is 3. The van der Waals surface area contributed by atoms with E-state index in [1.165, 1.54) is 6.07 Å². The van der Waals surface area contributed by atoms with Crippen molar-refractivity contribution in [1.29, 1.82) is 5.26 Å². The fraction of sp³-hybridized carbons (Fsp3) is 0.143. The van der Waals surface area contributed by atoms with E-state index in [1.807, 2.05) is 0 Å². The molecule has 0 saturated heterocycles. The van der Waals surface area contributed by atoms with Crippen LogP contribution < -0.4 is 10.5 Å². The summed E-state index contributed by atoms with van der Waals surface area (Å²) >= 11 is 0. The molecule has 0 aliphatic rings. The van der Waals surface area contributed by atoms with E-state index in [0.717, 1.165) is 0 Å². The molecule has 1 aromatic heterocycles. The Morgan fingerprint density at radius 2 is 2.18 bits per heavy atom. The van der Waals surface area contributed by atoms with Crippen molar-refractivity contribution in [2.45, 2.75) is 6.36 Å². The van der Waals surface area contributed by atoms with E-state index in [9.17, 15) is 23.3 Å². The second-order valence-electron chi connectivity index (χ2n) is 2.66. The molecular weight excluding hydrogens is 245 g/mol. The summed E-state index contributed by atoms with van der Waals surface area (Å²) in [5.41, 5.74) is 3.43. The molecule has 0 spiro atoms. The second-order valence-corrected chi connectivity index (χ2v) is 2.66. The third-order valence-corrected chi connectivity index (χ3v) is 1.52. The lowest BCUT2D eigenvalue weighted by molar-refractivity contribution is -0.384. The molecule has 0 aromatic carbocycles. The van der Waals surface area contributed by atoms with E-state index >= 15 is 0 Å². The van der Waals surface area contributed by atoms with Gasteiger partial charge in [0.15, 0.2) is 11.4 Å². The van der Waals surface area contributed by atoms with Gasteiger partial charge in [-0.05, 0) is 0 Å². The van der Waals surface area contributed by atoms with Crippen LogP contribution in [0, 0.1) is 21.4 Å². The van der Waals surface area contributed by atoms with Crippen LogP contribution >= 0.6 is 0 Å². The van der Waals surface area contributed by atoms with Crippen LogP contribution in [0.1, 0.15) is 5.69 Å². The van der Waals surface area contributed by atoms with Crippen molar-refractivity contribution in [2.75, 3.05) is 5.73 Å². The first-order chi connectivity index (χ1) is 7.74. The standard InChI is InChI=1S/C7H3F3N4O3/c8-7(9,10)17-5-1-4(14(15)16)6(12)13-3(5)2-11/h1H,(H2,12,13). The molecule has 0 amide bonds. The number of nitrogens with two attached hydrogens (primary N) is 1. The minimum absolute atomic E-state index is 0.397. The average Bonchev–Trinajstić information content (AvgIpc) is 2.17. The van der Waals surface area contributed by atoms with E-state index in [-0.39, 0.29) is 0 Å². The first-order valence-corrected chi connectivity index (χ1v) is 3.85. The van der Waals surface area contributed by atoms with E-state index in [2.05, 4.69) is 9.72 Å². The normalized spacial score (nSPS) is 10.7. The molecular formula is C7H3F3N4O3. The highest BCUT2D eigenvalue weighted by atomic mass is 19.4. The highest BCUT2D eigenvalue weighted by Gasteiger charge is 2.34. The number of anilines is 1. The van der Waals surface area contributed by atoms with E-state index in [1.54, 1.807) is 0 Å². The van der Waals surface area contributed by atoms with Gasteiger partial charge in [0, 0.05) is 0 Å². The summed E-state index contributed by atoms with van der Waals surface area (Å²) in [6.07, 6.45) is -5.09. The monoisotopic (exact) mass is 248 g/mol. The van der Waals surface area contributed by atoms with Gasteiger partial charge < -0.3 is 10.5 Å². The zero-order chi connectivity index (χ0) is 13.2. The van der Waals surface area contributed by atoms with Crippen LogP contribution in [0.3, 0.4) is 0 Å². The number of rotatable bonds is 2. The van der Waals surface area contributed by atoms with Crippen LogP contribution in [0.4, 0.5) is 24.7 Å². The largest absolute Gasteiger partial charge is 0.573 e. The van der Waals surface area contributed by atoms with Gasteiger partial charge in [0.1, 0.15) is 6.07 Å². The van der Waals surface area contributed by atoms with Crippen molar-refractivity contribution in [3.8, 4) is 11.8 Å². The van der Waals surface area contributed by atoms with E-state index in [4.69, 9.17) is 11.0 Å². The van der Waals surface area contributed by atoms with Crippen LogP contribution in [0.2, 0.25) is 0 Å². The molecule has 17 heavy (non-hydrogen) atoms. The molecule has 1 aromatic rings. The molecule has 1 heterocycles. The fourth-order valence-corrected chi connectivity index (χ4v) is 0.928. The SMILES string of the molecule is N#Cc1nc(N)c([N+](=O)[O-])cc1OC(F)(F)F. The van der Waals surface area contributed by atoms with Gasteiger partial charge in [-0.1, -0.05) is 0 Å². The van der Waals surface area contributed by atoms with Crippen LogP contribution in [0.5, 0.6) is 5.75 Å². The molecule has 0 atom stereocenters. The fourth-order valence-electron chi connectivity index (χ4n) is 0.928. The third-order valence-electron chi connectivity index (χ3n) is 1.52. The van der Waals surface area contributed by atoms with Crippen LogP contribution in [-0.2, 0) is 0 Å². The minimum atomic E-state index is -5.09. The number of nitro groups is 1. The Morgan fingerprint density at radius 3 is 2.59 bits per heavy atom. The quantitative estimate of drug-likeness (QED) is 0.623. The molecule has 0 fully saturated rings. The zero-order valence-electron chi connectivity index (χ0n) is 7.85. The molecule has 7 nitrogen and oxygen atoms in total. The average molecular weight is 248 g/mol. The smallest absolute Gasteiger partial charge is 0.402 e. The molecule has 0 aliphatic heterocycles. The first-order valence-electron chi connectivity index (χ1n) is 3.85. The number of hydrogen-bond donors (Lipinski definition) is 1. The summed E-state index contributed by atoms with van der Waals surface area (Å²) in [6.45, 7) is 0. The number of nitrogens with zero attached hydrogens (tertiary/aromatic N) is 3.